The maximum Gasteiger partial charge on any atom is 0.287 e. The lowest BCUT2D eigenvalue weighted by atomic mass is 10.1. The summed E-state index contributed by atoms with van der Waals surface area (Å²) in [5.74, 6) is -0.126. The van der Waals surface area contributed by atoms with Gasteiger partial charge in [-0.1, -0.05) is 41.9 Å². The van der Waals surface area contributed by atoms with E-state index in [0.29, 0.717) is 17.1 Å². The molecule has 0 aromatic heterocycles. The van der Waals surface area contributed by atoms with Crippen molar-refractivity contribution < 1.29 is 19.1 Å². The molecular weight excluding hydrogens is 504 g/mol. The van der Waals surface area contributed by atoms with Crippen molar-refractivity contribution in [2.45, 2.75) is 13.8 Å². The Hall–Kier alpha value is -4.30. The zero-order valence-electron chi connectivity index (χ0n) is 21.8. The van der Waals surface area contributed by atoms with Gasteiger partial charge in [0.1, 0.15) is 5.70 Å². The molecule has 3 rings (SSSR count). The van der Waals surface area contributed by atoms with E-state index in [4.69, 9.17) is 21.1 Å². The molecule has 0 unspecified atom stereocenters. The smallest absolute Gasteiger partial charge is 0.287 e. The maximum atomic E-state index is 13.1. The minimum absolute atomic E-state index is 0.000246. The summed E-state index contributed by atoms with van der Waals surface area (Å²) < 4.78 is 10.7. The van der Waals surface area contributed by atoms with Crippen LogP contribution >= 0.6 is 11.6 Å². The first-order valence-corrected chi connectivity index (χ1v) is 12.5. The summed E-state index contributed by atoms with van der Waals surface area (Å²) in [6.07, 6.45) is 3.02. The molecule has 3 aromatic rings. The first-order chi connectivity index (χ1) is 18.4. The molecule has 8 nitrogen and oxygen atoms in total. The number of benzene rings is 3. The van der Waals surface area contributed by atoms with E-state index in [1.54, 1.807) is 48.5 Å². The summed E-state index contributed by atoms with van der Waals surface area (Å²) in [5, 5.41) is 7.00. The second-order valence-corrected chi connectivity index (χ2v) is 8.44. The molecule has 0 aliphatic carbocycles. The average molecular weight is 535 g/mol. The van der Waals surface area contributed by atoms with Crippen LogP contribution in [0.25, 0.3) is 6.08 Å². The second kappa shape index (κ2) is 13.9. The number of para-hydroxylation sites is 1. The Morgan fingerprint density at radius 1 is 0.947 bits per heavy atom. The minimum Gasteiger partial charge on any atom is -0.493 e. The molecule has 0 fully saturated rings. The van der Waals surface area contributed by atoms with Crippen molar-refractivity contribution in [3.05, 3.63) is 94.1 Å². The molecule has 0 radical (unpaired) electrons. The third kappa shape index (κ3) is 7.14. The standard InChI is InChI=1S/C29H31ClN4O4/c1-5-34(6-2)22-16-14-20(15-17-22)18-25(32-28(35)23-11-7-8-12-24(23)30)29(36)33-31-19-21-10-9-13-26(37-3)27(21)38-4/h7-19H,5-6H2,1-4H3,(H,32,35)(H,33,36)/b25-18-,31-19?. The molecule has 0 spiro atoms. The van der Waals surface area contributed by atoms with E-state index in [0.717, 1.165) is 24.3 Å². The summed E-state index contributed by atoms with van der Waals surface area (Å²) >= 11 is 6.19. The van der Waals surface area contributed by atoms with Crippen LogP contribution in [0.15, 0.2) is 77.5 Å². The van der Waals surface area contributed by atoms with E-state index >= 15 is 0 Å². The van der Waals surface area contributed by atoms with Gasteiger partial charge in [-0.15, -0.1) is 0 Å². The highest BCUT2D eigenvalue weighted by atomic mass is 35.5. The van der Waals surface area contributed by atoms with Crippen LogP contribution in [0, 0.1) is 0 Å². The summed E-state index contributed by atoms with van der Waals surface area (Å²) in [6, 6.07) is 19.6. The quantitative estimate of drug-likeness (QED) is 0.202. The van der Waals surface area contributed by atoms with Gasteiger partial charge in [0.25, 0.3) is 11.8 Å². The fourth-order valence-corrected chi connectivity index (χ4v) is 3.99. The van der Waals surface area contributed by atoms with Gasteiger partial charge in [0.15, 0.2) is 11.5 Å². The van der Waals surface area contributed by atoms with Gasteiger partial charge in [-0.05, 0) is 61.9 Å². The lowest BCUT2D eigenvalue weighted by Crippen LogP contribution is -2.33. The van der Waals surface area contributed by atoms with Gasteiger partial charge in [0.2, 0.25) is 0 Å². The Morgan fingerprint density at radius 2 is 1.66 bits per heavy atom. The SMILES string of the molecule is CCN(CC)c1ccc(/C=C(\NC(=O)c2ccccc2Cl)C(=O)NN=Cc2cccc(OC)c2OC)cc1. The third-order valence-electron chi connectivity index (χ3n) is 5.75. The topological polar surface area (TPSA) is 92.3 Å². The molecule has 0 saturated heterocycles. The number of rotatable bonds is 11. The largest absolute Gasteiger partial charge is 0.493 e. The van der Waals surface area contributed by atoms with Crippen LogP contribution in [-0.4, -0.2) is 45.3 Å². The van der Waals surface area contributed by atoms with Crippen molar-refractivity contribution >= 4 is 41.4 Å². The van der Waals surface area contributed by atoms with Gasteiger partial charge >= 0.3 is 0 Å². The van der Waals surface area contributed by atoms with Crippen molar-refractivity contribution in [1.29, 1.82) is 0 Å². The number of nitrogens with zero attached hydrogens (tertiary/aromatic N) is 2. The molecule has 0 aliphatic rings. The summed E-state index contributed by atoms with van der Waals surface area (Å²) in [7, 11) is 3.05. The number of halogens is 1. The Balaban J connectivity index is 1.88. The van der Waals surface area contributed by atoms with Gasteiger partial charge in [0, 0.05) is 24.3 Å². The van der Waals surface area contributed by atoms with E-state index in [9.17, 15) is 9.59 Å². The van der Waals surface area contributed by atoms with Crippen LogP contribution in [0.2, 0.25) is 5.02 Å². The zero-order valence-corrected chi connectivity index (χ0v) is 22.6. The highest BCUT2D eigenvalue weighted by Gasteiger charge is 2.17. The fraction of sp³-hybridized carbons (Fsp3) is 0.207. The highest BCUT2D eigenvalue weighted by Crippen LogP contribution is 2.29. The van der Waals surface area contributed by atoms with Crippen molar-refractivity contribution in [3.63, 3.8) is 0 Å². The van der Waals surface area contributed by atoms with Gasteiger partial charge in [-0.3, -0.25) is 9.59 Å². The van der Waals surface area contributed by atoms with Gasteiger partial charge in [-0.2, -0.15) is 5.10 Å². The second-order valence-electron chi connectivity index (χ2n) is 8.04. The fourth-order valence-electron chi connectivity index (χ4n) is 3.76. The predicted octanol–water partition coefficient (Wildman–Crippen LogP) is 5.12. The summed E-state index contributed by atoms with van der Waals surface area (Å²) in [5.41, 5.74) is 5.11. The number of hydrazone groups is 1. The van der Waals surface area contributed by atoms with E-state index in [2.05, 4.69) is 34.6 Å². The minimum atomic E-state index is -0.615. The van der Waals surface area contributed by atoms with Crippen LogP contribution in [0.3, 0.4) is 0 Å². The first-order valence-electron chi connectivity index (χ1n) is 12.1. The molecule has 0 heterocycles. The molecule has 0 saturated carbocycles. The number of anilines is 1. The first kappa shape index (κ1) is 28.3. The van der Waals surface area contributed by atoms with Crippen LogP contribution in [0.1, 0.15) is 35.3 Å². The molecule has 198 valence electrons. The molecule has 0 bridgehead atoms. The number of carbonyl (C=O) groups excluding carboxylic acids is 2. The third-order valence-corrected chi connectivity index (χ3v) is 6.08. The van der Waals surface area contributed by atoms with Crippen LogP contribution in [0.4, 0.5) is 5.69 Å². The molecular formula is C29H31ClN4O4. The summed E-state index contributed by atoms with van der Waals surface area (Å²) in [6.45, 7) is 5.93. The molecule has 3 aromatic carbocycles. The molecule has 2 amide bonds. The van der Waals surface area contributed by atoms with Crippen molar-refractivity contribution in [3.8, 4) is 11.5 Å². The molecule has 0 atom stereocenters. The number of ether oxygens (including phenoxy) is 2. The number of carbonyl (C=O) groups is 2. The number of hydrogen-bond donors (Lipinski definition) is 2. The van der Waals surface area contributed by atoms with Gasteiger partial charge in [0.05, 0.1) is 31.0 Å². The maximum absolute atomic E-state index is 13.1. The Morgan fingerprint density at radius 3 is 2.29 bits per heavy atom. The number of amides is 2. The van der Waals surface area contributed by atoms with Gasteiger partial charge in [-0.25, -0.2) is 5.43 Å². The van der Waals surface area contributed by atoms with Crippen LogP contribution in [-0.2, 0) is 4.79 Å². The van der Waals surface area contributed by atoms with Gasteiger partial charge < -0.3 is 19.7 Å². The lowest BCUT2D eigenvalue weighted by Gasteiger charge is -2.21. The molecule has 38 heavy (non-hydrogen) atoms. The van der Waals surface area contributed by atoms with Crippen LogP contribution in [0.5, 0.6) is 11.5 Å². The molecule has 0 aliphatic heterocycles. The lowest BCUT2D eigenvalue weighted by molar-refractivity contribution is -0.117. The Bertz CT molecular complexity index is 1320. The van der Waals surface area contributed by atoms with Crippen LogP contribution < -0.4 is 25.1 Å². The normalized spacial score (nSPS) is 11.2. The predicted molar refractivity (Wildman–Crippen MR) is 152 cm³/mol. The molecule has 9 heteroatoms. The number of hydrogen-bond acceptors (Lipinski definition) is 6. The van der Waals surface area contributed by atoms with Crippen molar-refractivity contribution in [1.82, 2.24) is 10.7 Å². The van der Waals surface area contributed by atoms with E-state index in [-0.39, 0.29) is 16.3 Å². The molecule has 2 N–H and O–H groups in total. The zero-order chi connectivity index (χ0) is 27.5. The Labute approximate surface area is 227 Å². The van der Waals surface area contributed by atoms with Crippen molar-refractivity contribution in [2.75, 3.05) is 32.2 Å². The Kier molecular flexibility index (Phi) is 10.3. The van der Waals surface area contributed by atoms with E-state index in [1.165, 1.54) is 20.4 Å². The number of methoxy groups -OCH3 is 2. The van der Waals surface area contributed by atoms with Crippen molar-refractivity contribution in [2.24, 2.45) is 5.10 Å². The van der Waals surface area contributed by atoms with E-state index < -0.39 is 11.8 Å². The number of nitrogens with one attached hydrogen (secondary N) is 2. The highest BCUT2D eigenvalue weighted by molar-refractivity contribution is 6.34. The summed E-state index contributed by atoms with van der Waals surface area (Å²) in [4.78, 5) is 28.3. The average Bonchev–Trinajstić information content (AvgIpc) is 2.94. The van der Waals surface area contributed by atoms with E-state index in [1.807, 2.05) is 24.3 Å². The monoisotopic (exact) mass is 534 g/mol.